The molecule has 1 saturated heterocycles. The van der Waals surface area contributed by atoms with Crippen LogP contribution in [0.3, 0.4) is 0 Å². The van der Waals surface area contributed by atoms with Gasteiger partial charge in [0.05, 0.1) is 38.5 Å². The van der Waals surface area contributed by atoms with Crippen LogP contribution in [0.1, 0.15) is 6.92 Å². The van der Waals surface area contributed by atoms with Crippen molar-refractivity contribution in [2.24, 2.45) is 0 Å². The Morgan fingerprint density at radius 3 is 2.93 bits per heavy atom. The Hall–Kier alpha value is -0.850. The maximum Gasteiger partial charge on any atom is 0.410 e. The van der Waals surface area contributed by atoms with Crippen LogP contribution in [0.15, 0.2) is 0 Å². The number of amides is 1. The van der Waals surface area contributed by atoms with E-state index in [1.54, 1.807) is 0 Å². The third-order valence-corrected chi connectivity index (χ3v) is 2.26. The van der Waals surface area contributed by atoms with Crippen LogP contribution in [0, 0.1) is 0 Å². The Labute approximate surface area is 88.4 Å². The summed E-state index contributed by atoms with van der Waals surface area (Å²) in [7, 11) is 0. The second kappa shape index (κ2) is 5.89. The van der Waals surface area contributed by atoms with Gasteiger partial charge in [-0.15, -0.1) is 0 Å². The molecule has 1 amide bonds. The summed E-state index contributed by atoms with van der Waals surface area (Å²) in [6.45, 7) is 2.24. The van der Waals surface area contributed by atoms with Crippen molar-refractivity contribution in [2.45, 2.75) is 19.1 Å². The molecule has 2 N–H and O–H groups in total. The second-order valence-electron chi connectivity index (χ2n) is 3.48. The molecule has 0 aromatic rings. The van der Waals surface area contributed by atoms with Crippen LogP contribution in [0.4, 0.5) is 4.79 Å². The van der Waals surface area contributed by atoms with Gasteiger partial charge in [0, 0.05) is 0 Å². The molecule has 0 aromatic carbocycles. The highest BCUT2D eigenvalue weighted by molar-refractivity contribution is 5.68. The van der Waals surface area contributed by atoms with Gasteiger partial charge in [-0.05, 0) is 6.92 Å². The van der Waals surface area contributed by atoms with Gasteiger partial charge in [-0.25, -0.2) is 4.79 Å². The van der Waals surface area contributed by atoms with Gasteiger partial charge in [-0.2, -0.15) is 0 Å². The van der Waals surface area contributed by atoms with Gasteiger partial charge in [-0.1, -0.05) is 0 Å². The van der Waals surface area contributed by atoms with Crippen molar-refractivity contribution in [1.82, 2.24) is 4.90 Å². The van der Waals surface area contributed by atoms with Crippen molar-refractivity contribution in [3.05, 3.63) is 0 Å². The van der Waals surface area contributed by atoms with Crippen molar-refractivity contribution in [2.75, 3.05) is 33.0 Å². The number of aliphatic hydroxyl groups excluding tert-OH is 2. The molecule has 6 nitrogen and oxygen atoms in total. The summed E-state index contributed by atoms with van der Waals surface area (Å²) in [5, 5.41) is 17.4. The molecule has 2 unspecified atom stereocenters. The number of rotatable bonds is 3. The molecule has 2 atom stereocenters. The summed E-state index contributed by atoms with van der Waals surface area (Å²) in [6, 6.07) is -0.0704. The number of carbonyl (C=O) groups excluding carboxylic acids is 1. The highest BCUT2D eigenvalue weighted by Gasteiger charge is 2.30. The molecule has 0 aliphatic carbocycles. The van der Waals surface area contributed by atoms with Crippen molar-refractivity contribution in [3.63, 3.8) is 0 Å². The first-order valence-corrected chi connectivity index (χ1v) is 4.95. The summed E-state index contributed by atoms with van der Waals surface area (Å²) in [6.07, 6.45) is -0.818. The van der Waals surface area contributed by atoms with E-state index in [1.807, 2.05) is 6.92 Å². The lowest BCUT2D eigenvalue weighted by molar-refractivity contribution is -0.0730. The van der Waals surface area contributed by atoms with E-state index in [4.69, 9.17) is 19.7 Å². The van der Waals surface area contributed by atoms with E-state index in [-0.39, 0.29) is 32.0 Å². The van der Waals surface area contributed by atoms with Gasteiger partial charge in [0.2, 0.25) is 0 Å². The zero-order valence-electron chi connectivity index (χ0n) is 8.76. The molecule has 0 bridgehead atoms. The lowest BCUT2D eigenvalue weighted by Crippen LogP contribution is -2.52. The monoisotopic (exact) mass is 219 g/mol. The second-order valence-corrected chi connectivity index (χ2v) is 3.48. The van der Waals surface area contributed by atoms with Crippen LogP contribution in [-0.4, -0.2) is 66.3 Å². The topological polar surface area (TPSA) is 79.2 Å². The molecule has 1 fully saturated rings. The molecular formula is C9H17NO5. The number of morpholine rings is 1. The maximum absolute atomic E-state index is 11.5. The van der Waals surface area contributed by atoms with Crippen molar-refractivity contribution < 1.29 is 24.5 Å². The predicted molar refractivity (Wildman–Crippen MR) is 51.4 cm³/mol. The zero-order valence-corrected chi connectivity index (χ0v) is 8.76. The van der Waals surface area contributed by atoms with Crippen LogP contribution in [0.5, 0.6) is 0 Å². The molecule has 0 radical (unpaired) electrons. The third kappa shape index (κ3) is 3.33. The molecular weight excluding hydrogens is 202 g/mol. The van der Waals surface area contributed by atoms with Crippen LogP contribution in [0.2, 0.25) is 0 Å². The number of nitrogens with zero attached hydrogens (tertiary/aromatic N) is 1. The van der Waals surface area contributed by atoms with Crippen molar-refractivity contribution >= 4 is 6.09 Å². The first-order valence-electron chi connectivity index (χ1n) is 4.95. The van der Waals surface area contributed by atoms with Crippen LogP contribution < -0.4 is 0 Å². The summed E-state index contributed by atoms with van der Waals surface area (Å²) < 4.78 is 10.1. The summed E-state index contributed by atoms with van der Waals surface area (Å²) in [4.78, 5) is 13.0. The Kier molecular flexibility index (Phi) is 4.80. The summed E-state index contributed by atoms with van der Waals surface area (Å²) >= 11 is 0. The average molecular weight is 219 g/mol. The highest BCUT2D eigenvalue weighted by atomic mass is 16.6. The minimum absolute atomic E-state index is 0.00724. The van der Waals surface area contributed by atoms with E-state index in [1.165, 1.54) is 4.90 Å². The first kappa shape index (κ1) is 12.2. The molecule has 1 aliphatic rings. The van der Waals surface area contributed by atoms with E-state index in [2.05, 4.69) is 0 Å². The predicted octanol–water partition coefficient (Wildman–Crippen LogP) is -0.803. The molecule has 15 heavy (non-hydrogen) atoms. The fourth-order valence-electron chi connectivity index (χ4n) is 1.40. The van der Waals surface area contributed by atoms with Crippen molar-refractivity contribution in [3.8, 4) is 0 Å². The zero-order chi connectivity index (χ0) is 11.3. The smallest absolute Gasteiger partial charge is 0.410 e. The Balaban J connectivity index is 2.46. The van der Waals surface area contributed by atoms with Gasteiger partial charge in [0.1, 0.15) is 6.61 Å². The summed E-state index contributed by atoms with van der Waals surface area (Å²) in [5.74, 6) is 0. The fraction of sp³-hybridized carbons (Fsp3) is 0.889. The van der Waals surface area contributed by atoms with Gasteiger partial charge >= 0.3 is 6.09 Å². The van der Waals surface area contributed by atoms with Gasteiger partial charge in [-0.3, -0.25) is 0 Å². The third-order valence-electron chi connectivity index (χ3n) is 2.26. The number of ether oxygens (including phenoxy) is 2. The molecule has 0 spiro atoms. The van der Waals surface area contributed by atoms with Gasteiger partial charge in [0.25, 0.3) is 0 Å². The Morgan fingerprint density at radius 1 is 1.60 bits per heavy atom. The fourth-order valence-corrected chi connectivity index (χ4v) is 1.40. The molecule has 1 rings (SSSR count). The van der Waals surface area contributed by atoms with Crippen LogP contribution in [-0.2, 0) is 9.47 Å². The Morgan fingerprint density at radius 2 is 2.33 bits per heavy atom. The average Bonchev–Trinajstić information content (AvgIpc) is 2.26. The van der Waals surface area contributed by atoms with E-state index in [9.17, 15) is 4.79 Å². The van der Waals surface area contributed by atoms with Gasteiger partial charge < -0.3 is 24.6 Å². The van der Waals surface area contributed by atoms with Crippen LogP contribution >= 0.6 is 0 Å². The number of carbonyl (C=O) groups is 1. The molecule has 88 valence electrons. The largest absolute Gasteiger partial charge is 0.447 e. The number of aliphatic hydroxyl groups is 2. The molecule has 1 aliphatic heterocycles. The van der Waals surface area contributed by atoms with Crippen LogP contribution in [0.25, 0.3) is 0 Å². The molecule has 0 saturated carbocycles. The number of hydrogen-bond donors (Lipinski definition) is 2. The molecule has 6 heteroatoms. The van der Waals surface area contributed by atoms with E-state index in [0.29, 0.717) is 13.2 Å². The molecule has 1 heterocycles. The van der Waals surface area contributed by atoms with E-state index < -0.39 is 6.09 Å². The standard InChI is InChI=1S/C9H17NO5/c1-7-6-15-8(5-12)4-10(7)9(13)14-3-2-11/h7-8,11-12H,2-6H2,1H3. The highest BCUT2D eigenvalue weighted by Crippen LogP contribution is 2.12. The maximum atomic E-state index is 11.5. The lowest BCUT2D eigenvalue weighted by atomic mass is 10.2. The normalized spacial score (nSPS) is 26.5. The Bertz CT molecular complexity index is 211. The minimum Gasteiger partial charge on any atom is -0.447 e. The quantitative estimate of drug-likeness (QED) is 0.649. The number of hydrogen-bond acceptors (Lipinski definition) is 5. The SMILES string of the molecule is CC1COC(CO)CN1C(=O)OCCO. The van der Waals surface area contributed by atoms with Gasteiger partial charge in [0.15, 0.2) is 0 Å². The molecule has 0 aromatic heterocycles. The lowest BCUT2D eigenvalue weighted by Gasteiger charge is -2.36. The summed E-state index contributed by atoms with van der Waals surface area (Å²) in [5.41, 5.74) is 0. The van der Waals surface area contributed by atoms with Crippen molar-refractivity contribution in [1.29, 1.82) is 0 Å². The van der Waals surface area contributed by atoms with E-state index in [0.717, 1.165) is 0 Å². The first-order chi connectivity index (χ1) is 7.19. The van der Waals surface area contributed by atoms with E-state index >= 15 is 0 Å². The minimum atomic E-state index is -0.474.